The molecule has 2 fully saturated rings. The van der Waals surface area contributed by atoms with Crippen LogP contribution >= 0.6 is 0 Å². The lowest BCUT2D eigenvalue weighted by Gasteiger charge is -2.28. The molecule has 2 aromatic heterocycles. The summed E-state index contributed by atoms with van der Waals surface area (Å²) in [5.41, 5.74) is 0.717. The van der Waals surface area contributed by atoms with E-state index in [4.69, 9.17) is 4.42 Å². The van der Waals surface area contributed by atoms with Crippen LogP contribution in [0.3, 0.4) is 0 Å². The smallest absolute Gasteiger partial charge is 0.266 e. The number of hydrogen-bond acceptors (Lipinski definition) is 7. The standard InChI is InChI=1S/C21H27N5O4/c1-2-3-6-15(12-25(29)14-27)20(28)26-13-21(8-9-21)11-17(26)19-24-23-18(30-19)16-7-4-5-10-22-16/h4-5,7,10,14-15,17,29H,2-3,6,8-9,11-13H2,1H3/t15-,17+/m1/s1. The van der Waals surface area contributed by atoms with Crippen molar-refractivity contribution < 1.29 is 19.2 Å². The van der Waals surface area contributed by atoms with Gasteiger partial charge in [0.05, 0.1) is 12.5 Å². The zero-order chi connectivity index (χ0) is 21.1. The first-order valence-corrected chi connectivity index (χ1v) is 10.5. The van der Waals surface area contributed by atoms with E-state index in [1.807, 2.05) is 24.0 Å². The molecule has 1 saturated heterocycles. The summed E-state index contributed by atoms with van der Waals surface area (Å²) in [6, 6.07) is 5.17. The summed E-state index contributed by atoms with van der Waals surface area (Å²) in [7, 11) is 0. The lowest BCUT2D eigenvalue weighted by Crippen LogP contribution is -2.41. The summed E-state index contributed by atoms with van der Waals surface area (Å²) in [5.74, 6) is 0.212. The number of hydrogen-bond donors (Lipinski definition) is 1. The summed E-state index contributed by atoms with van der Waals surface area (Å²) in [5, 5.41) is 18.6. The third-order valence-electron chi connectivity index (χ3n) is 6.14. The molecule has 1 spiro atoms. The van der Waals surface area contributed by atoms with Gasteiger partial charge in [-0.05, 0) is 43.2 Å². The van der Waals surface area contributed by atoms with Gasteiger partial charge in [0.15, 0.2) is 0 Å². The Bertz CT molecular complexity index is 883. The van der Waals surface area contributed by atoms with Crippen molar-refractivity contribution in [2.75, 3.05) is 13.1 Å². The van der Waals surface area contributed by atoms with E-state index in [1.165, 1.54) is 0 Å². The Balaban J connectivity index is 1.57. The average Bonchev–Trinajstić information content (AvgIpc) is 3.18. The van der Waals surface area contributed by atoms with Crippen LogP contribution in [0.15, 0.2) is 28.8 Å². The number of aromatic nitrogens is 3. The quantitative estimate of drug-likeness (QED) is 0.382. The van der Waals surface area contributed by atoms with Crippen molar-refractivity contribution in [3.05, 3.63) is 30.3 Å². The van der Waals surface area contributed by atoms with Crippen molar-refractivity contribution in [2.24, 2.45) is 11.3 Å². The molecule has 9 heteroatoms. The van der Waals surface area contributed by atoms with Crippen LogP contribution < -0.4 is 0 Å². The third kappa shape index (κ3) is 4.21. The molecule has 2 amide bonds. The van der Waals surface area contributed by atoms with Crippen molar-refractivity contribution in [2.45, 2.75) is 51.5 Å². The molecule has 160 valence electrons. The van der Waals surface area contributed by atoms with Gasteiger partial charge in [0.1, 0.15) is 11.7 Å². The number of rotatable bonds is 9. The monoisotopic (exact) mass is 413 g/mol. The predicted octanol–water partition coefficient (Wildman–Crippen LogP) is 2.84. The first kappa shape index (κ1) is 20.5. The van der Waals surface area contributed by atoms with Gasteiger partial charge in [-0.25, -0.2) is 5.06 Å². The van der Waals surface area contributed by atoms with Crippen LogP contribution in [0.25, 0.3) is 11.6 Å². The summed E-state index contributed by atoms with van der Waals surface area (Å²) >= 11 is 0. The van der Waals surface area contributed by atoms with E-state index in [0.29, 0.717) is 41.9 Å². The van der Waals surface area contributed by atoms with Gasteiger partial charge in [0, 0.05) is 12.7 Å². The first-order chi connectivity index (χ1) is 14.5. The van der Waals surface area contributed by atoms with Gasteiger partial charge in [-0.3, -0.25) is 19.8 Å². The largest absolute Gasteiger partial charge is 0.417 e. The number of pyridine rings is 1. The number of amides is 2. The predicted molar refractivity (Wildman–Crippen MR) is 106 cm³/mol. The second-order valence-electron chi connectivity index (χ2n) is 8.41. The topological polar surface area (TPSA) is 113 Å². The lowest BCUT2D eigenvalue weighted by atomic mass is 9.99. The zero-order valence-electron chi connectivity index (χ0n) is 17.1. The number of nitrogens with zero attached hydrogens (tertiary/aromatic N) is 5. The molecule has 1 saturated carbocycles. The molecule has 0 unspecified atom stereocenters. The van der Waals surface area contributed by atoms with Crippen LogP contribution in [-0.4, -0.2) is 55.8 Å². The number of hydroxylamine groups is 2. The molecule has 4 rings (SSSR count). The zero-order valence-corrected chi connectivity index (χ0v) is 17.1. The maximum atomic E-state index is 13.4. The maximum absolute atomic E-state index is 13.4. The van der Waals surface area contributed by atoms with Crippen LogP contribution in [0.1, 0.15) is 57.4 Å². The molecule has 2 aliphatic rings. The minimum absolute atomic E-state index is 0.0123. The van der Waals surface area contributed by atoms with Gasteiger partial charge in [0.25, 0.3) is 5.89 Å². The van der Waals surface area contributed by atoms with Crippen molar-refractivity contribution in [1.82, 2.24) is 25.1 Å². The normalized spacial score (nSPS) is 20.3. The fourth-order valence-electron chi connectivity index (χ4n) is 4.26. The molecule has 2 atom stereocenters. The Morgan fingerprint density at radius 2 is 2.27 bits per heavy atom. The maximum Gasteiger partial charge on any atom is 0.266 e. The van der Waals surface area contributed by atoms with Crippen LogP contribution in [0, 0.1) is 11.3 Å². The highest BCUT2D eigenvalue weighted by Crippen LogP contribution is 2.58. The Morgan fingerprint density at radius 3 is 2.93 bits per heavy atom. The first-order valence-electron chi connectivity index (χ1n) is 10.5. The van der Waals surface area contributed by atoms with Gasteiger partial charge in [0.2, 0.25) is 18.2 Å². The van der Waals surface area contributed by atoms with Crippen molar-refractivity contribution >= 4 is 12.3 Å². The molecule has 1 N–H and O–H groups in total. The van der Waals surface area contributed by atoms with E-state index in [9.17, 15) is 14.8 Å². The molecule has 0 aromatic carbocycles. The van der Waals surface area contributed by atoms with Crippen LogP contribution in [0.2, 0.25) is 0 Å². The molecule has 1 aliphatic heterocycles. The molecule has 2 aromatic rings. The van der Waals surface area contributed by atoms with E-state index in [2.05, 4.69) is 15.2 Å². The summed E-state index contributed by atoms with van der Waals surface area (Å²) in [4.78, 5) is 30.4. The molecule has 30 heavy (non-hydrogen) atoms. The minimum atomic E-state index is -0.463. The van der Waals surface area contributed by atoms with Gasteiger partial charge in [-0.1, -0.05) is 25.8 Å². The highest BCUT2D eigenvalue weighted by molar-refractivity contribution is 5.80. The van der Waals surface area contributed by atoms with E-state index >= 15 is 0 Å². The molecule has 0 radical (unpaired) electrons. The van der Waals surface area contributed by atoms with Gasteiger partial charge >= 0.3 is 0 Å². The Labute approximate surface area is 175 Å². The second kappa shape index (κ2) is 8.51. The lowest BCUT2D eigenvalue weighted by molar-refractivity contribution is -0.157. The highest BCUT2D eigenvalue weighted by Gasteiger charge is 2.55. The van der Waals surface area contributed by atoms with Gasteiger partial charge < -0.3 is 9.32 Å². The van der Waals surface area contributed by atoms with Crippen molar-refractivity contribution in [3.8, 4) is 11.6 Å². The highest BCUT2D eigenvalue weighted by atomic mass is 16.5. The van der Waals surface area contributed by atoms with Crippen molar-refractivity contribution in [3.63, 3.8) is 0 Å². The fraction of sp³-hybridized carbons (Fsp3) is 0.571. The van der Waals surface area contributed by atoms with Crippen LogP contribution in [-0.2, 0) is 9.59 Å². The van der Waals surface area contributed by atoms with E-state index in [0.717, 1.165) is 32.1 Å². The Morgan fingerprint density at radius 1 is 1.43 bits per heavy atom. The number of carbonyl (C=O) groups is 2. The fourth-order valence-corrected chi connectivity index (χ4v) is 4.26. The molecule has 1 aliphatic carbocycles. The number of unbranched alkanes of at least 4 members (excludes halogenated alkanes) is 1. The van der Waals surface area contributed by atoms with Gasteiger partial charge in [-0.15, -0.1) is 10.2 Å². The van der Waals surface area contributed by atoms with Crippen molar-refractivity contribution in [1.29, 1.82) is 0 Å². The molecular formula is C21H27N5O4. The van der Waals surface area contributed by atoms with Crippen LogP contribution in [0.4, 0.5) is 0 Å². The van der Waals surface area contributed by atoms with E-state index in [1.54, 1.807) is 12.3 Å². The molecular weight excluding hydrogens is 386 g/mol. The summed E-state index contributed by atoms with van der Waals surface area (Å²) < 4.78 is 5.92. The average molecular weight is 413 g/mol. The summed E-state index contributed by atoms with van der Waals surface area (Å²) in [6.07, 6.45) is 7.34. The summed E-state index contributed by atoms with van der Waals surface area (Å²) in [6.45, 7) is 2.68. The second-order valence-corrected chi connectivity index (χ2v) is 8.41. The van der Waals surface area contributed by atoms with Crippen LogP contribution in [0.5, 0.6) is 0 Å². The molecule has 0 bridgehead atoms. The Hall–Kier alpha value is -2.81. The minimum Gasteiger partial charge on any atom is -0.417 e. The SMILES string of the molecule is CCCC[C@H](CN(O)C=O)C(=O)N1CC2(CC2)C[C@H]1c1nnc(-c2ccccn2)o1. The van der Waals surface area contributed by atoms with E-state index < -0.39 is 5.92 Å². The Kier molecular flexibility index (Phi) is 5.80. The molecule has 9 nitrogen and oxygen atoms in total. The molecule has 3 heterocycles. The number of carbonyl (C=O) groups excluding carboxylic acids is 2. The van der Waals surface area contributed by atoms with Gasteiger partial charge in [-0.2, -0.15) is 0 Å². The van der Waals surface area contributed by atoms with E-state index in [-0.39, 0.29) is 23.9 Å². The third-order valence-corrected chi connectivity index (χ3v) is 6.14. The number of likely N-dealkylation sites (tertiary alicyclic amines) is 1.